The number of nitrogens with one attached hydrogen (secondary N) is 2. The molecule has 0 bridgehead atoms. The maximum atomic E-state index is 11.9. The molecular formula is C17H18N8O2. The summed E-state index contributed by atoms with van der Waals surface area (Å²) in [5.74, 6) is 0.868. The maximum absolute atomic E-state index is 11.9. The molecule has 1 aliphatic heterocycles. The summed E-state index contributed by atoms with van der Waals surface area (Å²) in [5.41, 5.74) is 1.18. The van der Waals surface area contributed by atoms with Gasteiger partial charge >= 0.3 is 6.03 Å². The van der Waals surface area contributed by atoms with Crippen molar-refractivity contribution in [3.05, 3.63) is 60.2 Å². The van der Waals surface area contributed by atoms with Crippen LogP contribution in [0.15, 0.2) is 43.0 Å². The molecule has 27 heavy (non-hydrogen) atoms. The molecule has 10 heteroatoms. The molecule has 10 nitrogen and oxygen atoms in total. The largest absolute Gasteiger partial charge is 0.326 e. The normalized spacial score (nSPS) is 16.4. The number of hydrogen-bond donors (Lipinski definition) is 2. The van der Waals surface area contributed by atoms with Gasteiger partial charge < -0.3 is 5.32 Å². The van der Waals surface area contributed by atoms with E-state index in [1.807, 2.05) is 18.2 Å². The predicted octanol–water partition coefficient (Wildman–Crippen LogP) is -0.0889. The molecule has 2 N–H and O–H groups in total. The number of aromatic nitrogens is 6. The first kappa shape index (κ1) is 16.9. The minimum atomic E-state index is -0.642. The van der Waals surface area contributed by atoms with Crippen molar-refractivity contribution in [1.29, 1.82) is 0 Å². The molecule has 0 aliphatic carbocycles. The SMILES string of the molecule is O=C1NC(=O)C(Cc2nc(Cn3cncn3)nn2CCc2ccccc2)N1. The minimum absolute atomic E-state index is 0.275. The Labute approximate surface area is 154 Å². The van der Waals surface area contributed by atoms with Crippen molar-refractivity contribution >= 4 is 11.9 Å². The fraction of sp³-hybridized carbons (Fsp3) is 0.294. The Morgan fingerprint density at radius 3 is 2.70 bits per heavy atom. The third kappa shape index (κ3) is 4.00. The van der Waals surface area contributed by atoms with Crippen LogP contribution in [-0.2, 0) is 30.7 Å². The molecule has 4 rings (SSSR count). The zero-order valence-corrected chi connectivity index (χ0v) is 14.4. The molecular weight excluding hydrogens is 348 g/mol. The number of imide groups is 1. The summed E-state index contributed by atoms with van der Waals surface area (Å²) in [6, 6.07) is 8.94. The van der Waals surface area contributed by atoms with Crippen LogP contribution in [-0.4, -0.2) is 47.5 Å². The molecule has 1 unspecified atom stereocenters. The molecule has 1 aromatic carbocycles. The van der Waals surface area contributed by atoms with E-state index in [2.05, 4.69) is 42.9 Å². The minimum Gasteiger partial charge on any atom is -0.326 e. The number of benzene rings is 1. The first-order valence-electron chi connectivity index (χ1n) is 8.57. The van der Waals surface area contributed by atoms with Gasteiger partial charge in [0.25, 0.3) is 5.91 Å². The van der Waals surface area contributed by atoms with Crippen LogP contribution < -0.4 is 10.6 Å². The fourth-order valence-electron chi connectivity index (χ4n) is 2.95. The lowest BCUT2D eigenvalue weighted by Gasteiger charge is -2.09. The summed E-state index contributed by atoms with van der Waals surface area (Å²) in [6.07, 6.45) is 4.10. The summed E-state index contributed by atoms with van der Waals surface area (Å²) in [7, 11) is 0. The smallest absolute Gasteiger partial charge is 0.322 e. The van der Waals surface area contributed by atoms with Crippen molar-refractivity contribution in [1.82, 2.24) is 40.2 Å². The number of rotatable bonds is 7. The average Bonchev–Trinajstić information content (AvgIpc) is 3.37. The van der Waals surface area contributed by atoms with E-state index >= 15 is 0 Å². The zero-order valence-electron chi connectivity index (χ0n) is 14.4. The first-order chi connectivity index (χ1) is 13.2. The van der Waals surface area contributed by atoms with Gasteiger partial charge in [-0.3, -0.25) is 10.1 Å². The highest BCUT2D eigenvalue weighted by Crippen LogP contribution is 2.09. The van der Waals surface area contributed by atoms with Gasteiger partial charge in [-0.1, -0.05) is 30.3 Å². The summed E-state index contributed by atoms with van der Waals surface area (Å²) < 4.78 is 3.42. The van der Waals surface area contributed by atoms with Crippen LogP contribution in [0.25, 0.3) is 0 Å². The van der Waals surface area contributed by atoms with Gasteiger partial charge in [0.2, 0.25) is 0 Å². The molecule has 3 heterocycles. The number of urea groups is 1. The Balaban J connectivity index is 1.53. The van der Waals surface area contributed by atoms with Crippen LogP contribution in [0.1, 0.15) is 17.2 Å². The van der Waals surface area contributed by atoms with Gasteiger partial charge in [0.1, 0.15) is 31.1 Å². The molecule has 3 aromatic rings. The van der Waals surface area contributed by atoms with Crippen molar-refractivity contribution in [2.24, 2.45) is 0 Å². The van der Waals surface area contributed by atoms with Crippen LogP contribution in [0.4, 0.5) is 4.79 Å². The van der Waals surface area contributed by atoms with Crippen LogP contribution in [0.3, 0.4) is 0 Å². The standard InChI is InChI=1S/C17H18N8O2/c26-16-13(20-17(27)22-16)8-15-21-14(9-24-11-18-10-19-24)23-25(15)7-6-12-4-2-1-3-5-12/h1-5,10-11,13H,6-9H2,(H2,20,22,26,27). The lowest BCUT2D eigenvalue weighted by atomic mass is 10.1. The van der Waals surface area contributed by atoms with E-state index in [0.29, 0.717) is 24.7 Å². The lowest BCUT2D eigenvalue weighted by molar-refractivity contribution is -0.120. The molecule has 1 atom stereocenters. The number of carbonyl (C=O) groups excluding carboxylic acids is 2. The molecule has 0 radical (unpaired) electrons. The van der Waals surface area contributed by atoms with Crippen molar-refractivity contribution in [3.63, 3.8) is 0 Å². The van der Waals surface area contributed by atoms with Crippen molar-refractivity contribution in [2.75, 3.05) is 0 Å². The molecule has 0 spiro atoms. The zero-order chi connectivity index (χ0) is 18.6. The van der Waals surface area contributed by atoms with E-state index < -0.39 is 12.1 Å². The summed E-state index contributed by atoms with van der Waals surface area (Å²) in [4.78, 5) is 31.7. The second-order valence-corrected chi connectivity index (χ2v) is 6.22. The van der Waals surface area contributed by atoms with Gasteiger partial charge in [0.15, 0.2) is 5.82 Å². The first-order valence-corrected chi connectivity index (χ1v) is 8.57. The van der Waals surface area contributed by atoms with E-state index in [4.69, 9.17) is 0 Å². The van der Waals surface area contributed by atoms with E-state index in [-0.39, 0.29) is 12.3 Å². The fourth-order valence-corrected chi connectivity index (χ4v) is 2.95. The lowest BCUT2D eigenvalue weighted by Crippen LogP contribution is -2.32. The van der Waals surface area contributed by atoms with Crippen molar-refractivity contribution < 1.29 is 9.59 Å². The quantitative estimate of drug-likeness (QED) is 0.564. The number of hydrogen-bond acceptors (Lipinski definition) is 6. The maximum Gasteiger partial charge on any atom is 0.322 e. The van der Waals surface area contributed by atoms with Crippen molar-refractivity contribution in [2.45, 2.75) is 32.0 Å². The van der Waals surface area contributed by atoms with Gasteiger partial charge in [0, 0.05) is 13.0 Å². The van der Waals surface area contributed by atoms with Crippen molar-refractivity contribution in [3.8, 4) is 0 Å². The van der Waals surface area contributed by atoms with Gasteiger partial charge in [-0.25, -0.2) is 24.1 Å². The highest BCUT2D eigenvalue weighted by atomic mass is 16.2. The molecule has 2 aromatic heterocycles. The topological polar surface area (TPSA) is 120 Å². The number of amides is 3. The molecule has 3 amide bonds. The summed E-state index contributed by atoms with van der Waals surface area (Å²) in [5, 5.41) is 13.5. The van der Waals surface area contributed by atoms with Crippen LogP contribution >= 0.6 is 0 Å². The number of nitrogens with zero attached hydrogens (tertiary/aromatic N) is 6. The highest BCUT2D eigenvalue weighted by molar-refractivity contribution is 6.04. The van der Waals surface area contributed by atoms with Crippen LogP contribution in [0.2, 0.25) is 0 Å². The highest BCUT2D eigenvalue weighted by Gasteiger charge is 2.31. The monoisotopic (exact) mass is 366 g/mol. The Morgan fingerprint density at radius 1 is 1.15 bits per heavy atom. The Hall–Kier alpha value is -3.56. The van der Waals surface area contributed by atoms with Gasteiger partial charge in [0.05, 0.1) is 0 Å². The van der Waals surface area contributed by atoms with Gasteiger partial charge in [-0.05, 0) is 12.0 Å². The number of carbonyl (C=O) groups is 2. The molecule has 1 saturated heterocycles. The van der Waals surface area contributed by atoms with Gasteiger partial charge in [-0.15, -0.1) is 0 Å². The Morgan fingerprint density at radius 2 is 2.00 bits per heavy atom. The third-order valence-electron chi connectivity index (χ3n) is 4.26. The molecule has 1 aliphatic rings. The van der Waals surface area contributed by atoms with E-state index in [1.54, 1.807) is 15.7 Å². The van der Waals surface area contributed by atoms with E-state index in [1.165, 1.54) is 11.9 Å². The molecule has 0 saturated carbocycles. The third-order valence-corrected chi connectivity index (χ3v) is 4.26. The van der Waals surface area contributed by atoms with E-state index in [9.17, 15) is 9.59 Å². The van der Waals surface area contributed by atoms with Crippen LogP contribution in [0, 0.1) is 0 Å². The molecule has 1 fully saturated rings. The Kier molecular flexibility index (Phi) is 4.60. The predicted molar refractivity (Wildman–Crippen MR) is 93.5 cm³/mol. The average molecular weight is 366 g/mol. The van der Waals surface area contributed by atoms with Gasteiger partial charge in [-0.2, -0.15) is 10.2 Å². The second-order valence-electron chi connectivity index (χ2n) is 6.22. The number of aryl methyl sites for hydroxylation is 2. The second kappa shape index (κ2) is 7.36. The Bertz CT molecular complexity index is 935. The summed E-state index contributed by atoms with van der Waals surface area (Å²) >= 11 is 0. The summed E-state index contributed by atoms with van der Waals surface area (Å²) in [6.45, 7) is 1.00. The van der Waals surface area contributed by atoms with Crippen LogP contribution in [0.5, 0.6) is 0 Å². The molecule has 138 valence electrons. The van der Waals surface area contributed by atoms with E-state index in [0.717, 1.165) is 6.42 Å².